The number of benzene rings is 8. The van der Waals surface area contributed by atoms with Crippen LogP contribution in [0.4, 0.5) is 11.4 Å². The van der Waals surface area contributed by atoms with E-state index in [0.29, 0.717) is 0 Å². The molecule has 10 rings (SSSR count). The van der Waals surface area contributed by atoms with Crippen LogP contribution in [-0.2, 0) is 26.5 Å². The Morgan fingerprint density at radius 1 is 0.388 bits per heavy atom. The smallest absolute Gasteiger partial charge is 0.389 e. The minimum atomic E-state index is -3.31. The van der Waals surface area contributed by atoms with Crippen molar-refractivity contribution in [2.45, 2.75) is 26.2 Å². The number of nitrogens with zero attached hydrogens (tertiary/aromatic N) is 3. The molecule has 5 heteroatoms. The van der Waals surface area contributed by atoms with Crippen molar-refractivity contribution in [1.29, 1.82) is 0 Å². The summed E-state index contributed by atoms with van der Waals surface area (Å²) in [5.74, 6) is 0. The fourth-order valence-electron chi connectivity index (χ4n) is 9.14. The molecule has 2 aromatic heterocycles. The second kappa shape index (κ2) is 19.7. The Morgan fingerprint density at radius 2 is 0.836 bits per heavy atom. The second-order valence-electron chi connectivity index (χ2n) is 17.6. The molecule has 0 radical (unpaired) electrons. The Kier molecular flexibility index (Phi) is 13.2. The minimum Gasteiger partial charge on any atom is -0.389 e. The number of pyridine rings is 2. The average Bonchev–Trinajstić information content (AvgIpc) is 3.39. The Bertz CT molecular complexity index is 3130. The fourth-order valence-corrected chi connectivity index (χ4v) is 13.9. The Balaban J connectivity index is 0.00000562. The molecule has 10 aromatic rings. The fraction of sp³-hybridized carbons (Fsp3) is 0.0645. The summed E-state index contributed by atoms with van der Waals surface area (Å²) < 4.78 is 2.59. The molecule has 0 saturated carbocycles. The van der Waals surface area contributed by atoms with Crippen molar-refractivity contribution in [2.75, 3.05) is 4.57 Å². The van der Waals surface area contributed by atoms with Crippen molar-refractivity contribution in [3.63, 3.8) is 0 Å². The molecule has 8 aromatic carbocycles. The summed E-state index contributed by atoms with van der Waals surface area (Å²) in [5, 5.41) is 3.71. The van der Waals surface area contributed by atoms with Crippen molar-refractivity contribution in [2.24, 2.45) is 0 Å². The van der Waals surface area contributed by atoms with Crippen molar-refractivity contribution in [3.8, 4) is 55.9 Å². The SMILES string of the molecule is CC(C)(C)c1cc(-c2cc(-c3ccccc3)ccn2)[c-]c(N(c2[c-]c(-c3cc(-c4ccccc4-c4ccccc4)ccn3)ccc2)[Si](c2ccccc2)(c2ccccc2)c2ccccc2)c1.[Pt+2]. The topological polar surface area (TPSA) is 29.0 Å². The Hall–Kier alpha value is -7.23. The van der Waals surface area contributed by atoms with Gasteiger partial charge in [-0.25, -0.2) is 0 Å². The standard InChI is InChI=1S/C62H49N3Si.Pt/c1-62(2,3)52-40-51(61-43-48(36-38-64-61)46-22-9-4-10-23-46)42-54(45-52)65(66(55-28-13-6-14-29-55,56-30-15-7-16-31-56)57-32-17-8-18-33-57)53-27-21-26-50(41-53)60-44-49(37-39-63-60)59-35-20-19-34-58(59)47-24-11-5-12-25-47;/h4-40,43-45H,1-3H3;/q-2;+2. The molecular weight excluding hydrogens is 1010 g/mol. The molecule has 0 saturated heterocycles. The van der Waals surface area contributed by atoms with Gasteiger partial charge in [0.2, 0.25) is 0 Å². The van der Waals surface area contributed by atoms with Crippen LogP contribution in [0.25, 0.3) is 55.9 Å². The maximum atomic E-state index is 5.03. The molecule has 0 spiro atoms. The van der Waals surface area contributed by atoms with Gasteiger partial charge in [0.05, 0.1) is 0 Å². The maximum Gasteiger partial charge on any atom is 2.00 e. The van der Waals surface area contributed by atoms with Gasteiger partial charge in [-0.2, -0.15) is 0 Å². The third-order valence-electron chi connectivity index (χ3n) is 12.4. The summed E-state index contributed by atoms with van der Waals surface area (Å²) in [7, 11) is -3.31. The predicted octanol–water partition coefficient (Wildman–Crippen LogP) is 13.5. The quantitative estimate of drug-likeness (QED) is 0.0734. The van der Waals surface area contributed by atoms with Gasteiger partial charge in [-0.15, -0.1) is 59.2 Å². The van der Waals surface area contributed by atoms with E-state index in [2.05, 4.69) is 268 Å². The molecular formula is C62H49N3PtSi. The molecule has 2 heterocycles. The number of hydrogen-bond acceptors (Lipinski definition) is 3. The largest absolute Gasteiger partial charge is 2.00 e. The summed E-state index contributed by atoms with van der Waals surface area (Å²) >= 11 is 0. The first-order valence-electron chi connectivity index (χ1n) is 22.6. The normalized spacial score (nSPS) is 11.4. The van der Waals surface area contributed by atoms with Gasteiger partial charge in [0.25, 0.3) is 8.24 Å². The zero-order chi connectivity index (χ0) is 44.9. The summed E-state index contributed by atoms with van der Waals surface area (Å²) in [6, 6.07) is 90.6. The molecule has 0 unspecified atom stereocenters. The van der Waals surface area contributed by atoms with E-state index in [1.54, 1.807) is 0 Å². The number of aromatic nitrogens is 2. The molecule has 0 bridgehead atoms. The van der Waals surface area contributed by atoms with E-state index in [1.807, 2.05) is 12.4 Å². The third-order valence-corrected chi connectivity index (χ3v) is 17.1. The zero-order valence-corrected chi connectivity index (χ0v) is 41.0. The van der Waals surface area contributed by atoms with E-state index in [9.17, 15) is 0 Å². The second-order valence-corrected chi connectivity index (χ2v) is 21.2. The van der Waals surface area contributed by atoms with E-state index in [-0.39, 0.29) is 26.5 Å². The van der Waals surface area contributed by atoms with Crippen LogP contribution in [0.3, 0.4) is 0 Å². The molecule has 0 atom stereocenters. The maximum absolute atomic E-state index is 5.03. The van der Waals surface area contributed by atoms with Crippen molar-refractivity contribution in [3.05, 3.63) is 261 Å². The van der Waals surface area contributed by atoms with Crippen molar-refractivity contribution in [1.82, 2.24) is 9.97 Å². The van der Waals surface area contributed by atoms with Gasteiger partial charge in [-0.1, -0.05) is 220 Å². The van der Waals surface area contributed by atoms with Gasteiger partial charge >= 0.3 is 21.1 Å². The molecule has 0 aliphatic rings. The molecule has 326 valence electrons. The van der Waals surface area contributed by atoms with Crippen LogP contribution in [0.1, 0.15) is 26.3 Å². The minimum absolute atomic E-state index is 0. The van der Waals surface area contributed by atoms with Crippen molar-refractivity contribution >= 4 is 35.2 Å². The van der Waals surface area contributed by atoms with Gasteiger partial charge < -0.3 is 14.5 Å². The molecule has 0 fully saturated rings. The van der Waals surface area contributed by atoms with Crippen LogP contribution in [0.15, 0.2) is 243 Å². The van der Waals surface area contributed by atoms with Crippen LogP contribution in [0.5, 0.6) is 0 Å². The number of anilines is 2. The summed E-state index contributed by atoms with van der Waals surface area (Å²) in [6.45, 7) is 6.85. The molecule has 0 aliphatic heterocycles. The molecule has 0 N–H and O–H groups in total. The first kappa shape index (κ1) is 44.9. The molecule has 67 heavy (non-hydrogen) atoms. The van der Waals surface area contributed by atoms with Crippen molar-refractivity contribution < 1.29 is 21.1 Å². The first-order valence-corrected chi connectivity index (χ1v) is 24.5. The average molecular weight is 1060 g/mol. The molecule has 0 aliphatic carbocycles. The van der Waals surface area contributed by atoms with E-state index < -0.39 is 8.24 Å². The van der Waals surface area contributed by atoms with E-state index in [1.165, 1.54) is 32.3 Å². The van der Waals surface area contributed by atoms with Gasteiger partial charge in [-0.05, 0) is 77.9 Å². The molecule has 3 nitrogen and oxygen atoms in total. The first-order chi connectivity index (χ1) is 32.4. The zero-order valence-electron chi connectivity index (χ0n) is 37.8. The third kappa shape index (κ3) is 9.16. The van der Waals surface area contributed by atoms with Gasteiger partial charge in [0.1, 0.15) is 0 Å². The van der Waals surface area contributed by atoms with Crippen LogP contribution < -0.4 is 20.1 Å². The number of hydrogen-bond donors (Lipinski definition) is 0. The summed E-state index contributed by atoms with van der Waals surface area (Å²) in [4.78, 5) is 10.1. The van der Waals surface area contributed by atoms with Gasteiger partial charge in [0.15, 0.2) is 0 Å². The van der Waals surface area contributed by atoms with Crippen LogP contribution in [-0.4, -0.2) is 18.2 Å². The van der Waals surface area contributed by atoms with Crippen LogP contribution in [0, 0.1) is 12.1 Å². The van der Waals surface area contributed by atoms with E-state index >= 15 is 0 Å². The van der Waals surface area contributed by atoms with E-state index in [4.69, 9.17) is 9.97 Å². The Morgan fingerprint density at radius 3 is 1.39 bits per heavy atom. The van der Waals surface area contributed by atoms with Crippen LogP contribution in [0.2, 0.25) is 0 Å². The van der Waals surface area contributed by atoms with E-state index in [0.717, 1.165) is 56.1 Å². The predicted molar refractivity (Wildman–Crippen MR) is 278 cm³/mol. The summed E-state index contributed by atoms with van der Waals surface area (Å²) in [6.07, 6.45) is 3.84. The monoisotopic (exact) mass is 1060 g/mol. The number of rotatable bonds is 11. The van der Waals surface area contributed by atoms with Crippen LogP contribution >= 0.6 is 0 Å². The Labute approximate surface area is 410 Å². The van der Waals surface area contributed by atoms with Gasteiger partial charge in [0, 0.05) is 12.4 Å². The molecule has 0 amide bonds. The summed E-state index contributed by atoms with van der Waals surface area (Å²) in [5.41, 5.74) is 13.2. The van der Waals surface area contributed by atoms with Gasteiger partial charge in [-0.3, -0.25) is 0 Å².